The zero-order valence-corrected chi connectivity index (χ0v) is 12.9. The molecule has 1 N–H and O–H groups in total. The summed E-state index contributed by atoms with van der Waals surface area (Å²) < 4.78 is 18.5. The Hall–Kier alpha value is -2.21. The van der Waals surface area contributed by atoms with Crippen LogP contribution in [0.5, 0.6) is 0 Å². The fourth-order valence-electron chi connectivity index (χ4n) is 1.96. The van der Waals surface area contributed by atoms with E-state index >= 15 is 0 Å². The molecule has 0 radical (unpaired) electrons. The average Bonchev–Trinajstić information content (AvgIpc) is 2.99. The molecular weight excluding hydrogens is 305 g/mol. The van der Waals surface area contributed by atoms with Crippen LogP contribution in [-0.4, -0.2) is 11.9 Å². The summed E-state index contributed by atoms with van der Waals surface area (Å²) in [5.74, 6) is -1.12. The van der Waals surface area contributed by atoms with Crippen LogP contribution in [0, 0.1) is 5.82 Å². The Labute approximate surface area is 131 Å². The lowest BCUT2D eigenvalue weighted by Crippen LogP contribution is -2.28. The SMILES string of the molecule is CC(=O)NC(CC(=O)OCc1ccccc1F)c1cccs1. The number of esters is 1. The first kappa shape index (κ1) is 16.2. The van der Waals surface area contributed by atoms with Crippen LogP contribution < -0.4 is 5.32 Å². The molecule has 0 fully saturated rings. The van der Waals surface area contributed by atoms with Gasteiger partial charge in [0.15, 0.2) is 0 Å². The van der Waals surface area contributed by atoms with E-state index in [0.717, 1.165) is 4.88 Å². The average molecular weight is 321 g/mol. The van der Waals surface area contributed by atoms with Crippen LogP contribution in [0.3, 0.4) is 0 Å². The van der Waals surface area contributed by atoms with E-state index in [9.17, 15) is 14.0 Å². The lowest BCUT2D eigenvalue weighted by Gasteiger charge is -2.15. The Morgan fingerprint density at radius 1 is 1.27 bits per heavy atom. The Bertz CT molecular complexity index is 643. The van der Waals surface area contributed by atoms with E-state index in [2.05, 4.69) is 5.32 Å². The summed E-state index contributed by atoms with van der Waals surface area (Å²) in [7, 11) is 0. The van der Waals surface area contributed by atoms with Crippen molar-refractivity contribution in [3.05, 3.63) is 58.0 Å². The first-order chi connectivity index (χ1) is 10.6. The summed E-state index contributed by atoms with van der Waals surface area (Å²) in [6, 6.07) is 9.39. The molecule has 1 unspecified atom stereocenters. The number of halogens is 1. The molecule has 1 heterocycles. The first-order valence-corrected chi connectivity index (χ1v) is 7.63. The van der Waals surface area contributed by atoms with Gasteiger partial charge in [-0.15, -0.1) is 11.3 Å². The Morgan fingerprint density at radius 3 is 2.68 bits per heavy atom. The number of rotatable bonds is 6. The maximum atomic E-state index is 13.5. The van der Waals surface area contributed by atoms with Crippen LogP contribution in [-0.2, 0) is 20.9 Å². The van der Waals surface area contributed by atoms with Crippen molar-refractivity contribution in [2.75, 3.05) is 0 Å². The molecule has 1 aromatic heterocycles. The van der Waals surface area contributed by atoms with Gasteiger partial charge >= 0.3 is 5.97 Å². The minimum Gasteiger partial charge on any atom is -0.461 e. The van der Waals surface area contributed by atoms with E-state index in [4.69, 9.17) is 4.74 Å². The van der Waals surface area contributed by atoms with Crippen molar-refractivity contribution in [1.29, 1.82) is 0 Å². The minimum atomic E-state index is -0.490. The second-order valence-corrected chi connectivity index (χ2v) is 5.70. The molecule has 1 aromatic carbocycles. The van der Waals surface area contributed by atoms with Gasteiger partial charge in [0.25, 0.3) is 0 Å². The van der Waals surface area contributed by atoms with Crippen molar-refractivity contribution in [1.82, 2.24) is 5.32 Å². The zero-order chi connectivity index (χ0) is 15.9. The number of carbonyl (C=O) groups is 2. The van der Waals surface area contributed by atoms with Crippen LogP contribution in [0.1, 0.15) is 29.8 Å². The topological polar surface area (TPSA) is 55.4 Å². The molecule has 116 valence electrons. The summed E-state index contributed by atoms with van der Waals surface area (Å²) in [4.78, 5) is 24.0. The van der Waals surface area contributed by atoms with Crippen LogP contribution in [0.4, 0.5) is 4.39 Å². The van der Waals surface area contributed by atoms with Gasteiger partial charge in [0, 0.05) is 17.4 Å². The van der Waals surface area contributed by atoms with Crippen LogP contribution in [0.2, 0.25) is 0 Å². The van der Waals surface area contributed by atoms with Crippen molar-refractivity contribution in [2.45, 2.75) is 26.0 Å². The molecule has 0 spiro atoms. The number of amides is 1. The van der Waals surface area contributed by atoms with Crippen molar-refractivity contribution in [3.63, 3.8) is 0 Å². The number of hydrogen-bond acceptors (Lipinski definition) is 4. The molecule has 0 saturated heterocycles. The number of thiophene rings is 1. The van der Waals surface area contributed by atoms with E-state index in [1.54, 1.807) is 18.2 Å². The molecule has 0 saturated carbocycles. The number of nitrogens with one attached hydrogen (secondary N) is 1. The van der Waals surface area contributed by atoms with E-state index in [1.165, 1.54) is 24.3 Å². The molecule has 1 atom stereocenters. The predicted octanol–water partition coefficient (Wildman–Crippen LogP) is 3.20. The fraction of sp³-hybridized carbons (Fsp3) is 0.250. The third kappa shape index (κ3) is 4.66. The second-order valence-electron chi connectivity index (χ2n) is 4.72. The number of carbonyl (C=O) groups excluding carboxylic acids is 2. The van der Waals surface area contributed by atoms with Gasteiger partial charge in [-0.2, -0.15) is 0 Å². The molecule has 22 heavy (non-hydrogen) atoms. The van der Waals surface area contributed by atoms with E-state index in [-0.39, 0.29) is 18.9 Å². The molecule has 6 heteroatoms. The highest BCUT2D eigenvalue weighted by atomic mass is 32.1. The Balaban J connectivity index is 1.94. The molecule has 0 bridgehead atoms. The van der Waals surface area contributed by atoms with Gasteiger partial charge in [-0.1, -0.05) is 24.3 Å². The number of benzene rings is 1. The lowest BCUT2D eigenvalue weighted by molar-refractivity contribution is -0.145. The van der Waals surface area contributed by atoms with Crippen LogP contribution in [0.25, 0.3) is 0 Å². The maximum absolute atomic E-state index is 13.5. The predicted molar refractivity (Wildman–Crippen MR) is 81.7 cm³/mol. The molecule has 4 nitrogen and oxygen atoms in total. The highest BCUT2D eigenvalue weighted by Gasteiger charge is 2.19. The zero-order valence-electron chi connectivity index (χ0n) is 12.0. The summed E-state index contributed by atoms with van der Waals surface area (Å²) in [6.07, 6.45) is 0.00848. The summed E-state index contributed by atoms with van der Waals surface area (Å²) >= 11 is 1.45. The molecule has 2 rings (SSSR count). The highest BCUT2D eigenvalue weighted by Crippen LogP contribution is 2.22. The molecular formula is C16H16FNO3S. The van der Waals surface area contributed by atoms with E-state index < -0.39 is 17.8 Å². The summed E-state index contributed by atoms with van der Waals surface area (Å²) in [5, 5.41) is 4.59. The van der Waals surface area contributed by atoms with Gasteiger partial charge < -0.3 is 10.1 Å². The quantitative estimate of drug-likeness (QED) is 0.831. The van der Waals surface area contributed by atoms with Gasteiger partial charge in [0.2, 0.25) is 5.91 Å². The standard InChI is InChI=1S/C16H16FNO3S/c1-11(19)18-14(15-7-4-8-22-15)9-16(20)21-10-12-5-2-3-6-13(12)17/h2-8,14H,9-10H2,1H3,(H,18,19). The number of hydrogen-bond donors (Lipinski definition) is 1. The van der Waals surface area contributed by atoms with Crippen molar-refractivity contribution in [2.24, 2.45) is 0 Å². The molecule has 2 aromatic rings. The molecule has 0 aliphatic heterocycles. The minimum absolute atomic E-state index is 0.00848. The molecule has 0 aliphatic carbocycles. The van der Waals surface area contributed by atoms with Crippen LogP contribution in [0.15, 0.2) is 41.8 Å². The van der Waals surface area contributed by atoms with Gasteiger partial charge in [-0.25, -0.2) is 4.39 Å². The molecule has 1 amide bonds. The van der Waals surface area contributed by atoms with Crippen molar-refractivity contribution in [3.8, 4) is 0 Å². The Kier molecular flexibility index (Phi) is 5.66. The van der Waals surface area contributed by atoms with Gasteiger partial charge in [-0.3, -0.25) is 9.59 Å². The summed E-state index contributed by atoms with van der Waals surface area (Å²) in [6.45, 7) is 1.27. The van der Waals surface area contributed by atoms with Gasteiger partial charge in [-0.05, 0) is 17.5 Å². The third-order valence-corrected chi connectivity index (χ3v) is 3.97. The largest absolute Gasteiger partial charge is 0.461 e. The maximum Gasteiger partial charge on any atom is 0.308 e. The van der Waals surface area contributed by atoms with Crippen molar-refractivity contribution >= 4 is 23.2 Å². The third-order valence-electron chi connectivity index (χ3n) is 2.98. The van der Waals surface area contributed by atoms with E-state index in [1.807, 2.05) is 17.5 Å². The van der Waals surface area contributed by atoms with Crippen LogP contribution >= 0.6 is 11.3 Å². The fourth-order valence-corrected chi connectivity index (χ4v) is 2.73. The Morgan fingerprint density at radius 2 is 2.05 bits per heavy atom. The van der Waals surface area contributed by atoms with Crippen molar-refractivity contribution < 1.29 is 18.7 Å². The number of ether oxygens (including phenoxy) is 1. The van der Waals surface area contributed by atoms with Gasteiger partial charge in [0.1, 0.15) is 12.4 Å². The lowest BCUT2D eigenvalue weighted by atomic mass is 10.1. The van der Waals surface area contributed by atoms with Gasteiger partial charge in [0.05, 0.1) is 12.5 Å². The second kappa shape index (κ2) is 7.70. The highest BCUT2D eigenvalue weighted by molar-refractivity contribution is 7.10. The first-order valence-electron chi connectivity index (χ1n) is 6.76. The normalized spacial score (nSPS) is 11.7. The summed E-state index contributed by atoms with van der Waals surface area (Å²) in [5.41, 5.74) is 0.322. The smallest absolute Gasteiger partial charge is 0.308 e. The van der Waals surface area contributed by atoms with E-state index in [0.29, 0.717) is 5.56 Å². The monoisotopic (exact) mass is 321 g/mol. The molecule has 0 aliphatic rings.